The van der Waals surface area contributed by atoms with Crippen molar-refractivity contribution in [2.24, 2.45) is 11.8 Å². The Morgan fingerprint density at radius 2 is 1.82 bits per heavy atom. The number of esters is 1. The molecule has 0 bridgehead atoms. The Balaban J connectivity index is 1.54. The molecule has 3 nitrogen and oxygen atoms in total. The lowest BCUT2D eigenvalue weighted by atomic mass is 9.85. The van der Waals surface area contributed by atoms with E-state index in [0.29, 0.717) is 18.7 Å². The summed E-state index contributed by atoms with van der Waals surface area (Å²) in [7, 11) is 0. The van der Waals surface area contributed by atoms with Crippen molar-refractivity contribution in [3.63, 3.8) is 0 Å². The van der Waals surface area contributed by atoms with Gasteiger partial charge in [0, 0.05) is 12.1 Å². The predicted molar refractivity (Wildman–Crippen MR) is 87.4 cm³/mol. The van der Waals surface area contributed by atoms with Gasteiger partial charge in [-0.1, -0.05) is 30.3 Å². The molecule has 1 aromatic rings. The molecule has 3 rings (SSSR count). The minimum atomic E-state index is 0.00255. The summed E-state index contributed by atoms with van der Waals surface area (Å²) < 4.78 is 5.16. The van der Waals surface area contributed by atoms with Crippen molar-refractivity contribution in [3.05, 3.63) is 35.9 Å². The van der Waals surface area contributed by atoms with Crippen molar-refractivity contribution < 1.29 is 9.53 Å². The highest BCUT2D eigenvalue weighted by atomic mass is 16.5. The highest BCUT2D eigenvalue weighted by Crippen LogP contribution is 2.42. The lowest BCUT2D eigenvalue weighted by molar-refractivity contribution is -0.149. The maximum atomic E-state index is 11.8. The first-order chi connectivity index (χ1) is 10.8. The van der Waals surface area contributed by atoms with Crippen LogP contribution >= 0.6 is 0 Å². The number of rotatable bonds is 6. The summed E-state index contributed by atoms with van der Waals surface area (Å²) in [6, 6.07) is 11.8. The Morgan fingerprint density at radius 1 is 1.14 bits per heavy atom. The fourth-order valence-corrected chi connectivity index (χ4v) is 3.60. The van der Waals surface area contributed by atoms with E-state index >= 15 is 0 Å². The van der Waals surface area contributed by atoms with Gasteiger partial charge in [-0.05, 0) is 56.9 Å². The summed E-state index contributed by atoms with van der Waals surface area (Å²) in [6.07, 6.45) is 6.76. The van der Waals surface area contributed by atoms with Crippen molar-refractivity contribution in [1.82, 2.24) is 5.32 Å². The van der Waals surface area contributed by atoms with E-state index in [0.717, 1.165) is 31.6 Å². The number of carbonyl (C=O) groups excluding carboxylic acids is 1. The molecule has 0 aliphatic heterocycles. The van der Waals surface area contributed by atoms with E-state index in [1.54, 1.807) is 0 Å². The third kappa shape index (κ3) is 3.89. The van der Waals surface area contributed by atoms with E-state index in [9.17, 15) is 4.79 Å². The Labute approximate surface area is 133 Å². The number of nitrogens with one attached hydrogen (secondary N) is 1. The summed E-state index contributed by atoms with van der Waals surface area (Å²) >= 11 is 0. The van der Waals surface area contributed by atoms with Gasteiger partial charge in [0.1, 0.15) is 0 Å². The molecule has 3 heteroatoms. The van der Waals surface area contributed by atoms with E-state index in [-0.39, 0.29) is 11.9 Å². The van der Waals surface area contributed by atoms with Crippen LogP contribution in [0.5, 0.6) is 0 Å². The normalized spacial score (nSPS) is 26.4. The number of ether oxygens (including phenoxy) is 1. The molecule has 2 aliphatic carbocycles. The summed E-state index contributed by atoms with van der Waals surface area (Å²) in [5, 5.41) is 3.87. The van der Waals surface area contributed by atoms with Crippen molar-refractivity contribution in [2.75, 3.05) is 6.61 Å². The monoisotopic (exact) mass is 301 g/mol. The molecule has 0 spiro atoms. The zero-order valence-electron chi connectivity index (χ0n) is 13.5. The van der Waals surface area contributed by atoms with Crippen LogP contribution in [0.2, 0.25) is 0 Å². The Kier molecular flexibility index (Phi) is 5.14. The van der Waals surface area contributed by atoms with Gasteiger partial charge in [0.2, 0.25) is 0 Å². The Hall–Kier alpha value is -1.35. The van der Waals surface area contributed by atoms with Gasteiger partial charge >= 0.3 is 5.97 Å². The lowest BCUT2D eigenvalue weighted by Crippen LogP contribution is -2.38. The maximum Gasteiger partial charge on any atom is 0.308 e. The van der Waals surface area contributed by atoms with Crippen LogP contribution in [0.1, 0.15) is 57.1 Å². The van der Waals surface area contributed by atoms with E-state index in [1.807, 2.05) is 6.92 Å². The molecule has 0 amide bonds. The van der Waals surface area contributed by atoms with Crippen LogP contribution in [0.4, 0.5) is 0 Å². The zero-order chi connectivity index (χ0) is 15.4. The molecule has 2 saturated carbocycles. The molecule has 1 aromatic carbocycles. The van der Waals surface area contributed by atoms with E-state index in [4.69, 9.17) is 4.74 Å². The molecule has 1 N–H and O–H groups in total. The minimum Gasteiger partial charge on any atom is -0.466 e. The van der Waals surface area contributed by atoms with Gasteiger partial charge < -0.3 is 10.1 Å². The van der Waals surface area contributed by atoms with Crippen LogP contribution in [0.25, 0.3) is 0 Å². The van der Waals surface area contributed by atoms with Crippen molar-refractivity contribution >= 4 is 5.97 Å². The zero-order valence-corrected chi connectivity index (χ0v) is 13.5. The molecule has 1 unspecified atom stereocenters. The Bertz CT molecular complexity index is 475. The second-order valence-corrected chi connectivity index (χ2v) is 6.69. The number of benzene rings is 1. The third-order valence-electron chi connectivity index (χ3n) is 5.01. The van der Waals surface area contributed by atoms with Crippen LogP contribution in [0.15, 0.2) is 30.3 Å². The molecule has 22 heavy (non-hydrogen) atoms. The topological polar surface area (TPSA) is 38.3 Å². The molecule has 0 aromatic heterocycles. The molecule has 2 aliphatic rings. The molecule has 2 fully saturated rings. The highest BCUT2D eigenvalue weighted by molar-refractivity contribution is 5.72. The van der Waals surface area contributed by atoms with Crippen LogP contribution in [-0.2, 0) is 9.53 Å². The molecule has 0 heterocycles. The summed E-state index contributed by atoms with van der Waals surface area (Å²) in [6.45, 7) is 2.37. The predicted octanol–water partition coefficient (Wildman–Crippen LogP) is 3.85. The van der Waals surface area contributed by atoms with Gasteiger partial charge in [-0.15, -0.1) is 0 Å². The average Bonchev–Trinajstić information content (AvgIpc) is 3.39. The fraction of sp³-hybridized carbons (Fsp3) is 0.632. The second-order valence-electron chi connectivity index (χ2n) is 6.69. The molecular weight excluding hydrogens is 274 g/mol. The molecule has 1 atom stereocenters. The maximum absolute atomic E-state index is 11.8. The van der Waals surface area contributed by atoms with Crippen molar-refractivity contribution in [3.8, 4) is 0 Å². The molecule has 0 radical (unpaired) electrons. The summed E-state index contributed by atoms with van der Waals surface area (Å²) in [4.78, 5) is 11.8. The SMILES string of the molecule is CCOC(=O)C1CCC(NC(c2ccccc2)C2CC2)CC1. The first-order valence-corrected chi connectivity index (χ1v) is 8.75. The third-order valence-corrected chi connectivity index (χ3v) is 5.01. The number of carbonyl (C=O) groups is 1. The summed E-state index contributed by atoms with van der Waals surface area (Å²) in [5.74, 6) is 0.919. The van der Waals surface area contributed by atoms with Gasteiger partial charge in [0.25, 0.3) is 0 Å². The smallest absolute Gasteiger partial charge is 0.308 e. The number of hydrogen-bond acceptors (Lipinski definition) is 3. The van der Waals surface area contributed by atoms with Crippen LogP contribution in [-0.4, -0.2) is 18.6 Å². The van der Waals surface area contributed by atoms with Crippen molar-refractivity contribution in [1.29, 1.82) is 0 Å². The van der Waals surface area contributed by atoms with Gasteiger partial charge in [-0.3, -0.25) is 4.79 Å². The van der Waals surface area contributed by atoms with Crippen LogP contribution in [0, 0.1) is 11.8 Å². The van der Waals surface area contributed by atoms with Crippen molar-refractivity contribution in [2.45, 2.75) is 57.5 Å². The minimum absolute atomic E-state index is 0.00255. The Morgan fingerprint density at radius 3 is 2.41 bits per heavy atom. The van der Waals surface area contributed by atoms with Gasteiger partial charge in [-0.25, -0.2) is 0 Å². The second kappa shape index (κ2) is 7.28. The average molecular weight is 301 g/mol. The van der Waals surface area contributed by atoms with Gasteiger partial charge in [-0.2, -0.15) is 0 Å². The van der Waals surface area contributed by atoms with Gasteiger partial charge in [0.15, 0.2) is 0 Å². The lowest BCUT2D eigenvalue weighted by Gasteiger charge is -2.31. The molecular formula is C19H27NO2. The fourth-order valence-electron chi connectivity index (χ4n) is 3.60. The molecule has 120 valence electrons. The van der Waals surface area contributed by atoms with E-state index in [1.165, 1.54) is 18.4 Å². The van der Waals surface area contributed by atoms with Gasteiger partial charge in [0.05, 0.1) is 12.5 Å². The molecule has 0 saturated heterocycles. The van der Waals surface area contributed by atoms with E-state index in [2.05, 4.69) is 35.6 Å². The number of hydrogen-bond donors (Lipinski definition) is 1. The summed E-state index contributed by atoms with van der Waals surface area (Å²) in [5.41, 5.74) is 1.41. The first-order valence-electron chi connectivity index (χ1n) is 8.75. The first kappa shape index (κ1) is 15.5. The van der Waals surface area contributed by atoms with Crippen LogP contribution < -0.4 is 5.32 Å². The van der Waals surface area contributed by atoms with E-state index < -0.39 is 0 Å². The quantitative estimate of drug-likeness (QED) is 0.811. The highest BCUT2D eigenvalue weighted by Gasteiger charge is 2.35. The van der Waals surface area contributed by atoms with Crippen LogP contribution in [0.3, 0.4) is 0 Å². The standard InChI is InChI=1S/C19H27NO2/c1-2-22-19(21)16-10-12-17(13-11-16)20-18(15-8-9-15)14-6-4-3-5-7-14/h3-7,15-18,20H,2,8-13H2,1H3. The largest absolute Gasteiger partial charge is 0.466 e.